The number of aromatic nitrogens is 1. The van der Waals surface area contributed by atoms with Gasteiger partial charge in [0, 0.05) is 35.9 Å². The Bertz CT molecular complexity index is 900. The summed E-state index contributed by atoms with van der Waals surface area (Å²) < 4.78 is 0. The molecule has 150 valence electrons. The van der Waals surface area contributed by atoms with Crippen molar-refractivity contribution in [2.75, 3.05) is 5.32 Å². The Labute approximate surface area is 170 Å². The van der Waals surface area contributed by atoms with Gasteiger partial charge < -0.3 is 21.1 Å². The van der Waals surface area contributed by atoms with Crippen molar-refractivity contribution in [2.45, 2.75) is 56.1 Å². The van der Waals surface area contributed by atoms with Crippen LogP contribution in [-0.2, 0) is 0 Å². The highest BCUT2D eigenvalue weighted by Gasteiger charge is 2.40. The molecular weight excluding hydrogens is 366 g/mol. The molecule has 2 atom stereocenters. The highest BCUT2D eigenvalue weighted by molar-refractivity contribution is 5.64. The van der Waals surface area contributed by atoms with Crippen molar-refractivity contribution in [3.63, 3.8) is 0 Å². The van der Waals surface area contributed by atoms with Gasteiger partial charge >= 0.3 is 6.09 Å². The third-order valence-electron chi connectivity index (χ3n) is 5.77. The van der Waals surface area contributed by atoms with Gasteiger partial charge in [0.25, 0.3) is 0 Å². The number of rotatable bonds is 6. The minimum Gasteiger partial charge on any atom is -0.465 e. The van der Waals surface area contributed by atoms with Crippen LogP contribution in [0.3, 0.4) is 0 Å². The first kappa shape index (κ1) is 19.2. The lowest BCUT2D eigenvalue weighted by atomic mass is 9.91. The van der Waals surface area contributed by atoms with Gasteiger partial charge in [0.15, 0.2) is 0 Å². The molecular formula is C22H25N5O2. The Morgan fingerprint density at radius 1 is 1.14 bits per heavy atom. The first-order valence-corrected chi connectivity index (χ1v) is 10.1. The maximum absolute atomic E-state index is 10.7. The Hall–Kier alpha value is -3.11. The van der Waals surface area contributed by atoms with Gasteiger partial charge in [-0.25, -0.2) is 9.78 Å². The Kier molecular flexibility index (Phi) is 5.63. The molecule has 0 bridgehead atoms. The van der Waals surface area contributed by atoms with Crippen molar-refractivity contribution in [1.82, 2.24) is 15.6 Å². The lowest BCUT2D eigenvalue weighted by Gasteiger charge is -2.29. The van der Waals surface area contributed by atoms with E-state index in [1.165, 1.54) is 5.56 Å². The summed E-state index contributed by atoms with van der Waals surface area (Å²) in [6.07, 6.45) is 5.94. The number of hydrogen-bond acceptors (Lipinski definition) is 5. The summed E-state index contributed by atoms with van der Waals surface area (Å²) in [5.41, 5.74) is 2.70. The fourth-order valence-electron chi connectivity index (χ4n) is 4.14. The minimum atomic E-state index is -0.924. The van der Waals surface area contributed by atoms with E-state index in [4.69, 9.17) is 10.4 Å². The Morgan fingerprint density at radius 2 is 1.93 bits per heavy atom. The topological polar surface area (TPSA) is 110 Å². The molecule has 1 aromatic heterocycles. The summed E-state index contributed by atoms with van der Waals surface area (Å²) in [4.78, 5) is 15.3. The summed E-state index contributed by atoms with van der Waals surface area (Å²) in [6, 6.07) is 14.6. The number of pyridine rings is 1. The average Bonchev–Trinajstić information content (AvgIpc) is 3.49. The fourth-order valence-corrected chi connectivity index (χ4v) is 4.14. The third-order valence-corrected chi connectivity index (χ3v) is 5.77. The summed E-state index contributed by atoms with van der Waals surface area (Å²) in [5.74, 6) is 1.26. The van der Waals surface area contributed by atoms with E-state index in [1.807, 2.05) is 24.4 Å². The maximum Gasteiger partial charge on any atom is 0.404 e. The second-order valence-electron chi connectivity index (χ2n) is 7.91. The predicted molar refractivity (Wildman–Crippen MR) is 110 cm³/mol. The second kappa shape index (κ2) is 8.50. The van der Waals surface area contributed by atoms with Crippen LogP contribution in [0.4, 0.5) is 16.3 Å². The highest BCUT2D eigenvalue weighted by atomic mass is 16.4. The quantitative estimate of drug-likeness (QED) is 0.597. The van der Waals surface area contributed by atoms with Gasteiger partial charge in [0.2, 0.25) is 0 Å². The molecule has 0 spiro atoms. The molecule has 0 radical (unpaired) electrons. The number of anilines is 2. The molecule has 2 aromatic rings. The zero-order valence-electron chi connectivity index (χ0n) is 16.1. The fraction of sp³-hybridized carbons (Fsp3) is 0.409. The standard InChI is InChI=1S/C22H25N5O2/c23-12-14-2-1-3-18(10-14)26-21-9-4-15(13-24-21)19-11-20(19)25-16-5-7-17(8-6-16)27-22(28)29/h1-4,9-10,13,16-17,19-20,25,27H,5-8,11H2,(H,24,26)(H,28,29)/t16?,17?,19-,20+/m0/s1. The zero-order chi connectivity index (χ0) is 20.2. The van der Waals surface area contributed by atoms with Crippen molar-refractivity contribution >= 4 is 17.6 Å². The van der Waals surface area contributed by atoms with Crippen LogP contribution in [0.5, 0.6) is 0 Å². The first-order chi connectivity index (χ1) is 14.1. The smallest absolute Gasteiger partial charge is 0.404 e. The van der Waals surface area contributed by atoms with E-state index in [9.17, 15) is 4.79 Å². The molecule has 2 aliphatic rings. The van der Waals surface area contributed by atoms with Crippen molar-refractivity contribution in [3.05, 3.63) is 53.7 Å². The number of amides is 1. The Balaban J connectivity index is 1.26. The largest absolute Gasteiger partial charge is 0.465 e. The lowest BCUT2D eigenvalue weighted by Crippen LogP contribution is -2.42. The van der Waals surface area contributed by atoms with Crippen LogP contribution in [0.2, 0.25) is 0 Å². The minimum absolute atomic E-state index is 0.0960. The second-order valence-corrected chi connectivity index (χ2v) is 7.91. The average molecular weight is 391 g/mol. The normalized spacial score (nSPS) is 25.6. The van der Waals surface area contributed by atoms with Crippen molar-refractivity contribution in [1.29, 1.82) is 5.26 Å². The zero-order valence-corrected chi connectivity index (χ0v) is 16.1. The van der Waals surface area contributed by atoms with E-state index in [-0.39, 0.29) is 6.04 Å². The van der Waals surface area contributed by atoms with Crippen molar-refractivity contribution < 1.29 is 9.90 Å². The molecule has 2 aliphatic carbocycles. The SMILES string of the molecule is N#Cc1cccc(Nc2ccc([C@@H]3C[C@H]3NC3CCC(NC(=O)O)CC3)cn2)c1. The molecule has 1 amide bonds. The molecule has 1 heterocycles. The maximum atomic E-state index is 10.7. The number of nitrogens with one attached hydrogen (secondary N) is 3. The van der Waals surface area contributed by atoms with Crippen LogP contribution < -0.4 is 16.0 Å². The van der Waals surface area contributed by atoms with E-state index in [0.29, 0.717) is 23.6 Å². The molecule has 7 heteroatoms. The first-order valence-electron chi connectivity index (χ1n) is 10.1. The molecule has 1 aromatic carbocycles. The molecule has 0 unspecified atom stereocenters. The predicted octanol–water partition coefficient (Wildman–Crippen LogP) is 3.72. The number of carboxylic acid groups (broad SMARTS) is 1. The molecule has 29 heavy (non-hydrogen) atoms. The van der Waals surface area contributed by atoms with E-state index in [1.54, 1.807) is 12.1 Å². The van der Waals surface area contributed by atoms with Crippen LogP contribution in [0.15, 0.2) is 42.6 Å². The van der Waals surface area contributed by atoms with Crippen molar-refractivity contribution in [2.24, 2.45) is 0 Å². The van der Waals surface area contributed by atoms with Crippen LogP contribution in [0.1, 0.15) is 49.1 Å². The van der Waals surface area contributed by atoms with Crippen LogP contribution >= 0.6 is 0 Å². The number of hydrogen-bond donors (Lipinski definition) is 4. The molecule has 2 saturated carbocycles. The van der Waals surface area contributed by atoms with Crippen LogP contribution in [-0.4, -0.2) is 34.3 Å². The number of carbonyl (C=O) groups is 1. The summed E-state index contributed by atoms with van der Waals surface area (Å²) in [6.45, 7) is 0. The van der Waals surface area contributed by atoms with Crippen molar-refractivity contribution in [3.8, 4) is 6.07 Å². The van der Waals surface area contributed by atoms with E-state index in [0.717, 1.165) is 43.6 Å². The summed E-state index contributed by atoms with van der Waals surface area (Å²) >= 11 is 0. The van der Waals surface area contributed by atoms with Gasteiger partial charge in [-0.15, -0.1) is 0 Å². The van der Waals surface area contributed by atoms with E-state index in [2.05, 4.69) is 33.1 Å². The van der Waals surface area contributed by atoms with Gasteiger partial charge in [-0.2, -0.15) is 5.26 Å². The number of nitrogens with zero attached hydrogens (tertiary/aromatic N) is 2. The summed E-state index contributed by atoms with van der Waals surface area (Å²) in [5, 5.41) is 27.4. The molecule has 4 rings (SSSR count). The highest BCUT2D eigenvalue weighted by Crippen LogP contribution is 2.41. The third kappa shape index (κ3) is 5.04. The van der Waals surface area contributed by atoms with Gasteiger partial charge in [-0.1, -0.05) is 12.1 Å². The van der Waals surface area contributed by atoms with E-state index < -0.39 is 6.09 Å². The molecule has 0 aliphatic heterocycles. The summed E-state index contributed by atoms with van der Waals surface area (Å²) in [7, 11) is 0. The van der Waals surface area contributed by atoms with Crippen LogP contribution in [0, 0.1) is 11.3 Å². The molecule has 7 nitrogen and oxygen atoms in total. The molecule has 0 saturated heterocycles. The lowest BCUT2D eigenvalue weighted by molar-refractivity contribution is 0.183. The van der Waals surface area contributed by atoms with E-state index >= 15 is 0 Å². The number of benzene rings is 1. The number of nitriles is 1. The molecule has 2 fully saturated rings. The van der Waals surface area contributed by atoms with Gasteiger partial charge in [-0.3, -0.25) is 0 Å². The monoisotopic (exact) mass is 391 g/mol. The van der Waals surface area contributed by atoms with Gasteiger partial charge in [-0.05, 0) is 61.9 Å². The van der Waals surface area contributed by atoms with Gasteiger partial charge in [0.1, 0.15) is 5.82 Å². The Morgan fingerprint density at radius 3 is 2.62 bits per heavy atom. The van der Waals surface area contributed by atoms with Crippen LogP contribution in [0.25, 0.3) is 0 Å². The molecule has 4 N–H and O–H groups in total. The van der Waals surface area contributed by atoms with Gasteiger partial charge in [0.05, 0.1) is 11.6 Å².